The number of aromatic nitrogens is 3. The summed E-state index contributed by atoms with van der Waals surface area (Å²) in [7, 11) is 1.83. The Balaban J connectivity index is 2.18. The van der Waals surface area contributed by atoms with Gasteiger partial charge in [0, 0.05) is 18.3 Å². The van der Waals surface area contributed by atoms with Gasteiger partial charge in [-0.15, -0.1) is 0 Å². The first-order valence-corrected chi connectivity index (χ1v) is 6.09. The molecule has 3 aromatic rings. The van der Waals surface area contributed by atoms with Gasteiger partial charge in [-0.1, -0.05) is 12.1 Å². The van der Waals surface area contributed by atoms with E-state index in [1.807, 2.05) is 44.3 Å². The third-order valence-electron chi connectivity index (χ3n) is 3.18. The Labute approximate surface area is 110 Å². The van der Waals surface area contributed by atoms with Gasteiger partial charge in [0.2, 0.25) is 0 Å². The number of aromatic amines is 1. The van der Waals surface area contributed by atoms with Crippen LogP contribution in [0.2, 0.25) is 0 Å². The molecule has 0 bridgehead atoms. The van der Waals surface area contributed by atoms with E-state index < -0.39 is 0 Å². The molecule has 0 fully saturated rings. The molecule has 1 aromatic carbocycles. The van der Waals surface area contributed by atoms with Gasteiger partial charge in [-0.2, -0.15) is 0 Å². The third-order valence-corrected chi connectivity index (χ3v) is 3.18. The van der Waals surface area contributed by atoms with Gasteiger partial charge in [0.05, 0.1) is 5.52 Å². The van der Waals surface area contributed by atoms with Gasteiger partial charge in [-0.3, -0.25) is 0 Å². The summed E-state index contributed by atoms with van der Waals surface area (Å²) < 4.78 is 0. The van der Waals surface area contributed by atoms with Crippen molar-refractivity contribution < 1.29 is 0 Å². The van der Waals surface area contributed by atoms with Crippen molar-refractivity contribution in [2.45, 2.75) is 6.92 Å². The lowest BCUT2D eigenvalue weighted by Gasteiger charge is -2.04. The monoisotopic (exact) mass is 253 g/mol. The molecule has 2 aromatic heterocycles. The first-order chi connectivity index (χ1) is 9.19. The lowest BCUT2D eigenvalue weighted by atomic mass is 10.1. The molecule has 0 aliphatic heterocycles. The summed E-state index contributed by atoms with van der Waals surface area (Å²) in [5.74, 6) is 1.54. The Hall–Kier alpha value is -2.56. The van der Waals surface area contributed by atoms with E-state index >= 15 is 0 Å². The van der Waals surface area contributed by atoms with Crippen LogP contribution in [0, 0.1) is 6.92 Å². The number of nitrogen functional groups attached to an aromatic ring is 1. The summed E-state index contributed by atoms with van der Waals surface area (Å²) in [6.07, 6.45) is 0. The van der Waals surface area contributed by atoms with Crippen LogP contribution in [0.15, 0.2) is 30.3 Å². The van der Waals surface area contributed by atoms with E-state index in [0.29, 0.717) is 5.65 Å². The summed E-state index contributed by atoms with van der Waals surface area (Å²) in [5.41, 5.74) is 10.4. The van der Waals surface area contributed by atoms with Gasteiger partial charge >= 0.3 is 0 Å². The number of imidazole rings is 1. The van der Waals surface area contributed by atoms with Crippen LogP contribution in [0.4, 0.5) is 11.5 Å². The molecular formula is C14H15N5. The van der Waals surface area contributed by atoms with E-state index in [2.05, 4.69) is 20.3 Å². The number of nitrogens with zero attached hydrogens (tertiary/aromatic N) is 2. The van der Waals surface area contributed by atoms with E-state index in [1.165, 1.54) is 0 Å². The highest BCUT2D eigenvalue weighted by molar-refractivity contribution is 5.82. The molecule has 0 spiro atoms. The predicted molar refractivity (Wildman–Crippen MR) is 78.0 cm³/mol. The van der Waals surface area contributed by atoms with Crippen LogP contribution in [0.1, 0.15) is 5.56 Å². The number of rotatable bonds is 2. The number of hydrogen-bond acceptors (Lipinski definition) is 4. The maximum atomic E-state index is 6.10. The average molecular weight is 253 g/mol. The molecule has 0 saturated carbocycles. The van der Waals surface area contributed by atoms with Crippen LogP contribution in [0.25, 0.3) is 22.6 Å². The topological polar surface area (TPSA) is 79.6 Å². The zero-order chi connectivity index (χ0) is 13.4. The van der Waals surface area contributed by atoms with E-state index in [9.17, 15) is 0 Å². The van der Waals surface area contributed by atoms with Crippen LogP contribution in [-0.2, 0) is 0 Å². The second-order valence-corrected chi connectivity index (χ2v) is 4.44. The summed E-state index contributed by atoms with van der Waals surface area (Å²) in [6, 6.07) is 9.78. The molecule has 0 atom stereocenters. The summed E-state index contributed by atoms with van der Waals surface area (Å²) in [6.45, 7) is 1.98. The van der Waals surface area contributed by atoms with E-state index in [0.717, 1.165) is 34.0 Å². The van der Waals surface area contributed by atoms with Gasteiger partial charge in [0.1, 0.15) is 11.6 Å². The fraction of sp³-hybridized carbons (Fsp3) is 0.143. The minimum atomic E-state index is 0.683. The van der Waals surface area contributed by atoms with Gasteiger partial charge < -0.3 is 16.0 Å². The number of aryl methyl sites for hydroxylation is 1. The van der Waals surface area contributed by atoms with Gasteiger partial charge in [0.25, 0.3) is 0 Å². The second-order valence-electron chi connectivity index (χ2n) is 4.44. The third kappa shape index (κ3) is 1.89. The maximum absolute atomic E-state index is 6.10. The van der Waals surface area contributed by atoms with Gasteiger partial charge in [-0.25, -0.2) is 9.97 Å². The van der Waals surface area contributed by atoms with E-state index in [-0.39, 0.29) is 0 Å². The van der Waals surface area contributed by atoms with Gasteiger partial charge in [0.15, 0.2) is 5.65 Å². The van der Waals surface area contributed by atoms with Crippen molar-refractivity contribution in [3.63, 3.8) is 0 Å². The fourth-order valence-electron chi connectivity index (χ4n) is 2.05. The number of hydrogen-bond donors (Lipinski definition) is 3. The molecule has 0 aliphatic carbocycles. The van der Waals surface area contributed by atoms with Crippen molar-refractivity contribution in [2.75, 3.05) is 18.1 Å². The Kier molecular flexibility index (Phi) is 2.59. The number of fused-ring (bicyclic) bond motifs is 1. The molecule has 0 amide bonds. The zero-order valence-electron chi connectivity index (χ0n) is 10.9. The molecule has 3 rings (SSSR count). The quantitative estimate of drug-likeness (QED) is 0.613. The summed E-state index contributed by atoms with van der Waals surface area (Å²) in [5, 5.41) is 3.00. The predicted octanol–water partition coefficient (Wildman–Crippen LogP) is 2.56. The molecule has 0 aliphatic rings. The highest BCUT2D eigenvalue weighted by Crippen LogP contribution is 2.27. The normalized spacial score (nSPS) is 10.8. The van der Waals surface area contributed by atoms with Crippen LogP contribution in [0.5, 0.6) is 0 Å². The minimum Gasteiger partial charge on any atom is -0.398 e. The number of para-hydroxylation sites is 1. The van der Waals surface area contributed by atoms with Gasteiger partial charge in [-0.05, 0) is 30.7 Å². The van der Waals surface area contributed by atoms with Crippen molar-refractivity contribution in [3.8, 4) is 11.4 Å². The first-order valence-electron chi connectivity index (χ1n) is 6.09. The molecule has 4 N–H and O–H groups in total. The van der Waals surface area contributed by atoms with E-state index in [1.54, 1.807) is 0 Å². The van der Waals surface area contributed by atoms with Crippen LogP contribution < -0.4 is 11.1 Å². The average Bonchev–Trinajstić information content (AvgIpc) is 2.84. The van der Waals surface area contributed by atoms with Crippen molar-refractivity contribution in [1.82, 2.24) is 15.0 Å². The van der Waals surface area contributed by atoms with Crippen LogP contribution >= 0.6 is 0 Å². The SMILES string of the molecule is CNc1ccc2[nH]c(-c3cccc(C)c3N)nc2n1. The molecule has 5 nitrogen and oxygen atoms in total. The zero-order valence-corrected chi connectivity index (χ0v) is 10.9. The molecule has 19 heavy (non-hydrogen) atoms. The fourth-order valence-corrected chi connectivity index (χ4v) is 2.05. The number of H-pyrrole nitrogens is 1. The maximum Gasteiger partial charge on any atom is 0.180 e. The molecule has 0 saturated heterocycles. The lowest BCUT2D eigenvalue weighted by Crippen LogP contribution is -1.94. The minimum absolute atomic E-state index is 0.683. The molecule has 5 heteroatoms. The number of nitrogens with one attached hydrogen (secondary N) is 2. The van der Waals surface area contributed by atoms with E-state index in [4.69, 9.17) is 5.73 Å². The smallest absolute Gasteiger partial charge is 0.180 e. The number of nitrogens with two attached hydrogens (primary N) is 1. The molecular weight excluding hydrogens is 238 g/mol. The standard InChI is InChI=1S/C14H15N5/c1-8-4-3-5-9(12(8)15)13-17-10-6-7-11(16-2)18-14(10)19-13/h3-7H,15H2,1-2H3,(H2,16,17,18,19). The molecule has 2 heterocycles. The molecule has 96 valence electrons. The largest absolute Gasteiger partial charge is 0.398 e. The summed E-state index contributed by atoms with van der Waals surface area (Å²) in [4.78, 5) is 12.2. The van der Waals surface area contributed by atoms with Crippen molar-refractivity contribution in [2.24, 2.45) is 0 Å². The number of anilines is 2. The molecule has 0 radical (unpaired) electrons. The second kappa shape index (κ2) is 4.28. The Morgan fingerprint density at radius 1 is 1.16 bits per heavy atom. The number of pyridine rings is 1. The van der Waals surface area contributed by atoms with Crippen LogP contribution in [0.3, 0.4) is 0 Å². The highest BCUT2D eigenvalue weighted by Gasteiger charge is 2.10. The lowest BCUT2D eigenvalue weighted by molar-refractivity contribution is 1.28. The number of benzene rings is 1. The Bertz CT molecular complexity index is 745. The highest BCUT2D eigenvalue weighted by atomic mass is 15.0. The van der Waals surface area contributed by atoms with Crippen molar-refractivity contribution >= 4 is 22.7 Å². The summed E-state index contributed by atoms with van der Waals surface area (Å²) >= 11 is 0. The Morgan fingerprint density at radius 3 is 2.79 bits per heavy atom. The van der Waals surface area contributed by atoms with Crippen molar-refractivity contribution in [1.29, 1.82) is 0 Å². The van der Waals surface area contributed by atoms with Crippen molar-refractivity contribution in [3.05, 3.63) is 35.9 Å². The Morgan fingerprint density at radius 2 is 2.00 bits per heavy atom. The molecule has 0 unspecified atom stereocenters. The van der Waals surface area contributed by atoms with Crippen LogP contribution in [-0.4, -0.2) is 22.0 Å². The first kappa shape index (κ1) is 11.5.